The monoisotopic (exact) mass is 407 g/mol. The van der Waals surface area contributed by atoms with Crippen molar-refractivity contribution in [3.05, 3.63) is 82.9 Å². The van der Waals surface area contributed by atoms with E-state index >= 15 is 0 Å². The fraction of sp³-hybridized carbons (Fsp3) is 0.200. The first-order chi connectivity index (χ1) is 10.8. The van der Waals surface area contributed by atoms with E-state index in [1.54, 1.807) is 11.1 Å². The minimum absolute atomic E-state index is 0. The van der Waals surface area contributed by atoms with E-state index in [1.807, 2.05) is 0 Å². The van der Waals surface area contributed by atoms with Crippen LogP contribution in [0.5, 0.6) is 0 Å². The van der Waals surface area contributed by atoms with Gasteiger partial charge in [-0.05, 0) is 0 Å². The van der Waals surface area contributed by atoms with Crippen molar-refractivity contribution in [2.75, 3.05) is 0 Å². The molecule has 24 heavy (non-hydrogen) atoms. The van der Waals surface area contributed by atoms with Gasteiger partial charge in [-0.1, -0.05) is 0 Å². The molecule has 2 atom stereocenters. The first-order valence-corrected chi connectivity index (χ1v) is 15.6. The summed E-state index contributed by atoms with van der Waals surface area (Å²) in [5.74, 6) is 0. The van der Waals surface area contributed by atoms with Crippen LogP contribution in [0.1, 0.15) is 30.7 Å². The van der Waals surface area contributed by atoms with Gasteiger partial charge in [-0.15, -0.1) is 0 Å². The fourth-order valence-corrected chi connectivity index (χ4v) is 18.1. The summed E-state index contributed by atoms with van der Waals surface area (Å²) in [4.78, 5) is 0. The molecule has 123 valence electrons. The van der Waals surface area contributed by atoms with E-state index in [1.165, 1.54) is 11.1 Å². The van der Waals surface area contributed by atoms with Gasteiger partial charge in [0.25, 0.3) is 0 Å². The maximum Gasteiger partial charge on any atom is -1.00 e. The maximum atomic E-state index is 2.58. The van der Waals surface area contributed by atoms with Gasteiger partial charge in [0.2, 0.25) is 0 Å². The van der Waals surface area contributed by atoms with E-state index < -0.39 is 23.8 Å². The zero-order valence-corrected chi connectivity index (χ0v) is 18.1. The molecule has 2 aliphatic rings. The Morgan fingerprint density at radius 3 is 1.54 bits per heavy atom. The molecular weight excluding hydrogens is 387 g/mol. The van der Waals surface area contributed by atoms with Crippen LogP contribution >= 0.6 is 0 Å². The normalized spacial score (nSPS) is 19.5. The van der Waals surface area contributed by atoms with Crippen LogP contribution < -0.4 is 24.8 Å². The Hall–Kier alpha value is -0.569. The molecule has 2 aromatic rings. The fourth-order valence-electron chi connectivity index (χ4n) is 3.99. The van der Waals surface area contributed by atoms with Gasteiger partial charge < -0.3 is 24.8 Å². The summed E-state index contributed by atoms with van der Waals surface area (Å²) in [6, 6.07) is 18.1. The first-order valence-electron chi connectivity index (χ1n) is 8.16. The minimum Gasteiger partial charge on any atom is -1.00 e. The molecule has 0 radical (unpaired) electrons. The van der Waals surface area contributed by atoms with Gasteiger partial charge in [0.1, 0.15) is 0 Å². The van der Waals surface area contributed by atoms with Crippen molar-refractivity contribution in [1.29, 1.82) is 0 Å². The minimum atomic E-state index is -1.25. The smallest absolute Gasteiger partial charge is 1.00 e. The van der Waals surface area contributed by atoms with E-state index in [2.05, 4.69) is 85.9 Å². The van der Waals surface area contributed by atoms with Crippen LogP contribution in [0.2, 0.25) is 13.1 Å². The van der Waals surface area contributed by atoms with Crippen molar-refractivity contribution >= 4 is 18.8 Å². The molecule has 0 N–H and O–H groups in total. The summed E-state index contributed by atoms with van der Waals surface area (Å²) >= 11 is -1.25. The maximum absolute atomic E-state index is 2.58. The van der Waals surface area contributed by atoms with Gasteiger partial charge in [0.15, 0.2) is 0 Å². The molecule has 0 saturated carbocycles. The Kier molecular flexibility index (Phi) is 6.75. The molecule has 4 heteroatoms. The van der Waals surface area contributed by atoms with Crippen LogP contribution in [0, 0.1) is 0 Å². The molecule has 0 aliphatic heterocycles. The summed E-state index contributed by atoms with van der Waals surface area (Å²) in [5, 5.41) is 0. The van der Waals surface area contributed by atoms with E-state index in [-0.39, 0.29) is 24.8 Å². The molecule has 0 nitrogen and oxygen atoms in total. The van der Waals surface area contributed by atoms with Gasteiger partial charge in [-0.25, -0.2) is 0 Å². The number of hydrogen-bond acceptors (Lipinski definition) is 0. The molecule has 2 unspecified atom stereocenters. The van der Waals surface area contributed by atoms with Gasteiger partial charge in [-0.2, -0.15) is 0 Å². The molecule has 0 spiro atoms. The molecule has 0 fully saturated rings. The van der Waals surface area contributed by atoms with Crippen LogP contribution in [-0.2, 0) is 17.1 Å². The number of halogens is 2. The molecule has 0 saturated heterocycles. The van der Waals surface area contributed by atoms with Crippen LogP contribution in [0.25, 0.3) is 12.2 Å². The number of fused-ring (bicyclic) bond motifs is 2. The number of allylic oxidation sites excluding steroid dienone is 2. The van der Waals surface area contributed by atoms with Gasteiger partial charge in [0, 0.05) is 0 Å². The van der Waals surface area contributed by atoms with Crippen LogP contribution in [0.4, 0.5) is 0 Å². The number of hydrogen-bond donors (Lipinski definition) is 0. The van der Waals surface area contributed by atoms with Crippen molar-refractivity contribution in [3.63, 3.8) is 0 Å². The summed E-state index contributed by atoms with van der Waals surface area (Å²) < 4.78 is 1.51. The molecular formula is C20H21Cl2SiTi. The zero-order valence-electron chi connectivity index (χ0n) is 13.9. The Bertz CT molecular complexity index is 708. The van der Waals surface area contributed by atoms with Crippen LogP contribution in [0.3, 0.4) is 0 Å². The third-order valence-electron chi connectivity index (χ3n) is 4.98. The average Bonchev–Trinajstić information content (AvgIpc) is 3.13. The molecule has 0 bridgehead atoms. The standard InChI is InChI=1S/2C9H7.C2H7Si.2ClH.Ti/c2*1-2-5-9-7-3-6-8(9)4-1;1-3-2;;;/h2*1-7H;3H,1-2H3;2*1H;/q;;;;;+2/p-2. The second-order valence-corrected chi connectivity index (χ2v) is 20.6. The second-order valence-electron chi connectivity index (χ2n) is 6.59. The van der Waals surface area contributed by atoms with Gasteiger partial charge >= 0.3 is 140 Å². The quantitative estimate of drug-likeness (QED) is 0.580. The molecule has 2 aromatic carbocycles. The van der Waals surface area contributed by atoms with Crippen LogP contribution in [0.15, 0.2) is 60.7 Å². The Morgan fingerprint density at radius 1 is 0.708 bits per heavy atom. The van der Waals surface area contributed by atoms with Gasteiger partial charge in [-0.3, -0.25) is 0 Å². The van der Waals surface area contributed by atoms with E-state index in [9.17, 15) is 0 Å². The summed E-state index contributed by atoms with van der Waals surface area (Å²) in [5.41, 5.74) is 6.14. The van der Waals surface area contributed by atoms with E-state index in [0.29, 0.717) is 0 Å². The number of rotatable bonds is 3. The Labute approximate surface area is 164 Å². The molecule has 0 aromatic heterocycles. The second kappa shape index (κ2) is 8.21. The van der Waals surface area contributed by atoms with Crippen molar-refractivity contribution < 1.29 is 41.9 Å². The molecule has 2 aliphatic carbocycles. The van der Waals surface area contributed by atoms with Crippen LogP contribution in [-0.4, -0.2) is 6.66 Å². The molecule has 0 amide bonds. The third-order valence-corrected chi connectivity index (χ3v) is 19.3. The van der Waals surface area contributed by atoms with E-state index in [0.717, 1.165) is 8.45 Å². The predicted molar refractivity (Wildman–Crippen MR) is 95.3 cm³/mol. The van der Waals surface area contributed by atoms with E-state index in [4.69, 9.17) is 0 Å². The first kappa shape index (κ1) is 19.8. The molecule has 0 heterocycles. The van der Waals surface area contributed by atoms with Crippen molar-refractivity contribution in [3.8, 4) is 0 Å². The zero-order chi connectivity index (χ0) is 15.1. The molecule has 4 rings (SSSR count). The largest absolute Gasteiger partial charge is 1.00 e. The summed E-state index contributed by atoms with van der Waals surface area (Å²) in [7, 11) is 0. The average molecular weight is 408 g/mol. The summed E-state index contributed by atoms with van der Waals surface area (Å²) in [6.45, 7) is 4.52. The van der Waals surface area contributed by atoms with Crippen molar-refractivity contribution in [2.45, 2.75) is 21.5 Å². The Morgan fingerprint density at radius 2 is 1.12 bits per heavy atom. The third kappa shape index (κ3) is 3.38. The topological polar surface area (TPSA) is 0 Å². The SMILES string of the molecule is C[SiH](C)[Ti+2]([CH]1C=Cc2ccccc21)[CH]1C=Cc2ccccc21.[Cl-].[Cl-]. The summed E-state index contributed by atoms with van der Waals surface area (Å²) in [6.07, 6.45) is 9.80. The van der Waals surface area contributed by atoms with Gasteiger partial charge in [0.05, 0.1) is 0 Å². The Balaban J connectivity index is 0.00000104. The van der Waals surface area contributed by atoms with Crippen molar-refractivity contribution in [1.82, 2.24) is 0 Å². The van der Waals surface area contributed by atoms with Crippen molar-refractivity contribution in [2.24, 2.45) is 0 Å². The number of benzene rings is 2. The predicted octanol–water partition coefficient (Wildman–Crippen LogP) is -0.868.